The van der Waals surface area contributed by atoms with Crippen molar-refractivity contribution in [3.05, 3.63) is 96.6 Å². The molecule has 1 saturated heterocycles. The number of carbonyl (C=O) groups excluding carboxylic acids is 1. The minimum Gasteiger partial charge on any atom is -0.427 e. The molecule has 6 aromatic rings. The molecule has 0 bridgehead atoms. The van der Waals surface area contributed by atoms with Crippen LogP contribution >= 0.6 is 0 Å². The minimum absolute atomic E-state index is 0.208. The topological polar surface area (TPSA) is 44.8 Å². The Morgan fingerprint density at radius 3 is 1.90 bits per heavy atom. The highest BCUT2D eigenvalue weighted by Gasteiger charge is 2.51. The summed E-state index contributed by atoms with van der Waals surface area (Å²) in [5.74, 6) is 0.333. The summed E-state index contributed by atoms with van der Waals surface area (Å²) in [5, 5.41) is 10.5. The maximum atomic E-state index is 12.6. The fourth-order valence-corrected chi connectivity index (χ4v) is 6.36. The zero-order valence-corrected chi connectivity index (χ0v) is 24.7. The Kier molecular flexibility index (Phi) is 6.49. The minimum atomic E-state index is -0.432. The average molecular weight is 554 g/mol. The van der Waals surface area contributed by atoms with Crippen molar-refractivity contribution in [3.8, 4) is 5.75 Å². The van der Waals surface area contributed by atoms with Gasteiger partial charge in [-0.3, -0.25) is 4.79 Å². The smallest absolute Gasteiger partial charge is 0.427 e. The highest BCUT2D eigenvalue weighted by Crippen LogP contribution is 2.41. The lowest BCUT2D eigenvalue weighted by Crippen LogP contribution is -2.41. The number of carbonyl (C=O) groups is 1. The molecule has 0 spiro atoms. The molecular formula is C37H35BO4. The van der Waals surface area contributed by atoms with E-state index < -0.39 is 18.3 Å². The highest BCUT2D eigenvalue weighted by atomic mass is 16.7. The molecule has 0 saturated carbocycles. The summed E-state index contributed by atoms with van der Waals surface area (Å²) in [6.45, 7) is 8.15. The zero-order valence-electron chi connectivity index (χ0n) is 24.7. The van der Waals surface area contributed by atoms with Gasteiger partial charge in [0.25, 0.3) is 0 Å². The molecule has 0 atom stereocenters. The van der Waals surface area contributed by atoms with E-state index in [9.17, 15) is 4.79 Å². The van der Waals surface area contributed by atoms with Gasteiger partial charge in [-0.1, -0.05) is 78.9 Å². The first-order valence-electron chi connectivity index (χ1n) is 15.0. The summed E-state index contributed by atoms with van der Waals surface area (Å²) in [6.07, 6.45) is 2.99. The van der Waals surface area contributed by atoms with Crippen LogP contribution in [-0.4, -0.2) is 24.3 Å². The van der Waals surface area contributed by atoms with Crippen molar-refractivity contribution < 1.29 is 18.8 Å². The Morgan fingerprint density at radius 1 is 0.667 bits per heavy atom. The Labute approximate surface area is 247 Å². The number of benzene rings is 6. The summed E-state index contributed by atoms with van der Waals surface area (Å²) in [7, 11) is -0.432. The molecular weight excluding hydrogens is 519 g/mol. The number of esters is 1. The van der Waals surface area contributed by atoms with Gasteiger partial charge < -0.3 is 14.0 Å². The quantitative estimate of drug-likeness (QED) is 0.0497. The molecule has 5 heteroatoms. The van der Waals surface area contributed by atoms with E-state index in [1.165, 1.54) is 48.7 Å². The van der Waals surface area contributed by atoms with Gasteiger partial charge in [0.2, 0.25) is 0 Å². The van der Waals surface area contributed by atoms with E-state index in [0.717, 1.165) is 24.7 Å². The molecule has 0 N–H and O–H groups in total. The molecule has 0 aliphatic carbocycles. The number of ether oxygens (including phenoxy) is 1. The van der Waals surface area contributed by atoms with Crippen molar-refractivity contribution in [2.75, 3.05) is 0 Å². The molecule has 6 aromatic carbocycles. The molecule has 0 amide bonds. The number of aryl methyl sites for hydroxylation is 1. The second kappa shape index (κ2) is 10.1. The molecule has 1 aliphatic heterocycles. The lowest BCUT2D eigenvalue weighted by Gasteiger charge is -2.32. The van der Waals surface area contributed by atoms with Crippen LogP contribution < -0.4 is 10.2 Å². The summed E-state index contributed by atoms with van der Waals surface area (Å²) >= 11 is 0. The van der Waals surface area contributed by atoms with Gasteiger partial charge in [-0.2, -0.15) is 0 Å². The van der Waals surface area contributed by atoms with Gasteiger partial charge in [0.15, 0.2) is 0 Å². The maximum Gasteiger partial charge on any atom is 0.494 e. The van der Waals surface area contributed by atoms with Crippen molar-refractivity contribution in [2.45, 2.75) is 64.6 Å². The van der Waals surface area contributed by atoms with E-state index in [-0.39, 0.29) is 5.97 Å². The van der Waals surface area contributed by atoms with E-state index in [2.05, 4.69) is 66.7 Å². The van der Waals surface area contributed by atoms with Crippen LogP contribution in [0, 0.1) is 0 Å². The van der Waals surface area contributed by atoms with E-state index in [1.54, 1.807) is 0 Å². The first kappa shape index (κ1) is 26.9. The molecule has 1 fully saturated rings. The third-order valence-electron chi connectivity index (χ3n) is 9.33. The van der Waals surface area contributed by atoms with Crippen LogP contribution in [0.25, 0.3) is 43.1 Å². The van der Waals surface area contributed by atoms with Gasteiger partial charge in [-0.25, -0.2) is 0 Å². The van der Waals surface area contributed by atoms with Crippen molar-refractivity contribution in [1.82, 2.24) is 0 Å². The number of rotatable bonds is 7. The lowest BCUT2D eigenvalue weighted by atomic mass is 9.79. The maximum absolute atomic E-state index is 12.6. The number of hydrogen-bond donors (Lipinski definition) is 0. The lowest BCUT2D eigenvalue weighted by molar-refractivity contribution is -0.134. The van der Waals surface area contributed by atoms with Crippen LogP contribution in [0.1, 0.15) is 52.5 Å². The van der Waals surface area contributed by atoms with Crippen LogP contribution in [0.2, 0.25) is 0 Å². The SMILES string of the molecule is CC1(C)OB(c2ccc(OC(=O)CCCCc3ccc4c5cccc6cccc(c7cccc3c74)c65)cc2)OC1(C)C. The molecule has 210 valence electrons. The normalized spacial score (nSPS) is 16.2. The number of unbranched alkanes of at least 4 members (excludes halogenated alkanes) is 1. The molecule has 1 heterocycles. The van der Waals surface area contributed by atoms with Gasteiger partial charge in [0, 0.05) is 6.42 Å². The highest BCUT2D eigenvalue weighted by molar-refractivity contribution is 6.62. The molecule has 0 unspecified atom stereocenters. The molecule has 0 radical (unpaired) electrons. The number of fused-ring (bicyclic) bond motifs is 2. The van der Waals surface area contributed by atoms with Gasteiger partial charge in [-0.15, -0.1) is 0 Å². The fraction of sp³-hybridized carbons (Fsp3) is 0.270. The summed E-state index contributed by atoms with van der Waals surface area (Å²) in [5.41, 5.74) is 1.45. The van der Waals surface area contributed by atoms with E-state index in [4.69, 9.17) is 14.0 Å². The van der Waals surface area contributed by atoms with Gasteiger partial charge in [0.05, 0.1) is 11.2 Å². The zero-order chi connectivity index (χ0) is 29.1. The second-order valence-corrected chi connectivity index (χ2v) is 12.5. The van der Waals surface area contributed by atoms with E-state index >= 15 is 0 Å². The summed E-state index contributed by atoms with van der Waals surface area (Å²) in [6, 6.07) is 31.8. The van der Waals surface area contributed by atoms with Crippen molar-refractivity contribution in [1.29, 1.82) is 0 Å². The van der Waals surface area contributed by atoms with Crippen molar-refractivity contribution in [2.24, 2.45) is 0 Å². The van der Waals surface area contributed by atoms with E-state index in [1.807, 2.05) is 52.0 Å². The standard InChI is InChI=1S/C37H35BO4/c1-36(2)37(3,4)42-38(41-36)26-19-21-27(22-20-26)40-33(39)17-6-5-10-24-18-23-32-30-15-8-12-25-11-7-14-29(34(25)30)31-16-9-13-28(24)35(31)32/h7-9,11-16,18-23H,5-6,10,17H2,1-4H3. The Hall–Kier alpha value is -3.93. The van der Waals surface area contributed by atoms with Crippen LogP contribution in [-0.2, 0) is 20.5 Å². The first-order valence-corrected chi connectivity index (χ1v) is 15.0. The molecule has 4 nitrogen and oxygen atoms in total. The largest absolute Gasteiger partial charge is 0.494 e. The number of hydrogen-bond acceptors (Lipinski definition) is 4. The molecule has 1 aliphatic rings. The van der Waals surface area contributed by atoms with Crippen LogP contribution in [0.4, 0.5) is 0 Å². The predicted molar refractivity (Wildman–Crippen MR) is 173 cm³/mol. The van der Waals surface area contributed by atoms with Crippen LogP contribution in [0.15, 0.2) is 91.0 Å². The van der Waals surface area contributed by atoms with Crippen LogP contribution in [0.5, 0.6) is 5.75 Å². The van der Waals surface area contributed by atoms with Crippen LogP contribution in [0.3, 0.4) is 0 Å². The van der Waals surface area contributed by atoms with Crippen molar-refractivity contribution >= 4 is 61.6 Å². The Morgan fingerprint density at radius 2 is 1.24 bits per heavy atom. The second-order valence-electron chi connectivity index (χ2n) is 12.5. The predicted octanol–water partition coefficient (Wildman–Crippen LogP) is 8.35. The summed E-state index contributed by atoms with van der Waals surface area (Å²) in [4.78, 5) is 12.6. The third kappa shape index (κ3) is 4.52. The van der Waals surface area contributed by atoms with Gasteiger partial charge in [0.1, 0.15) is 5.75 Å². The average Bonchev–Trinajstić information content (AvgIpc) is 3.20. The Balaban J connectivity index is 1.01. The Bertz CT molecular complexity index is 1870. The first-order chi connectivity index (χ1) is 20.2. The third-order valence-corrected chi connectivity index (χ3v) is 9.33. The van der Waals surface area contributed by atoms with Crippen molar-refractivity contribution in [3.63, 3.8) is 0 Å². The van der Waals surface area contributed by atoms with Gasteiger partial charge >= 0.3 is 13.1 Å². The van der Waals surface area contributed by atoms with E-state index in [0.29, 0.717) is 12.2 Å². The monoisotopic (exact) mass is 554 g/mol. The molecule has 0 aromatic heterocycles. The molecule has 7 rings (SSSR count). The summed E-state index contributed by atoms with van der Waals surface area (Å²) < 4.78 is 17.9. The van der Waals surface area contributed by atoms with Gasteiger partial charge in [-0.05, 0) is 113 Å². The molecule has 42 heavy (non-hydrogen) atoms. The fourth-order valence-electron chi connectivity index (χ4n) is 6.36.